The van der Waals surface area contributed by atoms with E-state index in [-0.39, 0.29) is 4.90 Å². The monoisotopic (exact) mass is 351 g/mol. The first kappa shape index (κ1) is 16.1. The molecule has 0 fully saturated rings. The van der Waals surface area contributed by atoms with Crippen molar-refractivity contribution in [3.8, 4) is 0 Å². The molecule has 106 valence electrons. The van der Waals surface area contributed by atoms with Crippen LogP contribution in [0.15, 0.2) is 27.6 Å². The summed E-state index contributed by atoms with van der Waals surface area (Å²) in [4.78, 5) is 10.9. The van der Waals surface area contributed by atoms with Gasteiger partial charge in [0, 0.05) is 4.47 Å². The van der Waals surface area contributed by atoms with Crippen molar-refractivity contribution in [2.75, 3.05) is 0 Å². The first-order chi connectivity index (χ1) is 8.65. The Bertz CT molecular complexity index is 585. The molecule has 0 spiro atoms. The average Bonchev–Trinajstić information content (AvgIpc) is 2.28. The van der Waals surface area contributed by atoms with Crippen LogP contribution in [0.5, 0.6) is 0 Å². The summed E-state index contributed by atoms with van der Waals surface area (Å²) < 4.78 is 26.8. The number of hydrogen-bond acceptors (Lipinski definition) is 4. The number of rotatable bonds is 5. The number of aryl methyl sites for hydroxylation is 1. The SMILES string of the molecule is Cc1ccc(Br)cc1S(=O)(=O)N[C@H](C(=O)O)[C@@H](C)O. The molecule has 0 aliphatic carbocycles. The van der Waals surface area contributed by atoms with E-state index in [1.165, 1.54) is 13.0 Å². The van der Waals surface area contributed by atoms with Crippen LogP contribution in [-0.4, -0.2) is 36.7 Å². The van der Waals surface area contributed by atoms with Crippen molar-refractivity contribution in [1.29, 1.82) is 0 Å². The second-order valence-electron chi connectivity index (χ2n) is 4.09. The van der Waals surface area contributed by atoms with E-state index < -0.39 is 28.1 Å². The number of carboxylic acid groups (broad SMARTS) is 1. The molecule has 1 aromatic rings. The molecule has 0 unspecified atom stereocenters. The van der Waals surface area contributed by atoms with Crippen LogP contribution in [0.3, 0.4) is 0 Å². The molecule has 6 nitrogen and oxygen atoms in total. The van der Waals surface area contributed by atoms with Gasteiger partial charge in [-0.1, -0.05) is 22.0 Å². The Morgan fingerprint density at radius 3 is 2.47 bits per heavy atom. The standard InChI is InChI=1S/C11H14BrNO5S/c1-6-3-4-8(12)5-9(6)19(17,18)13-10(7(2)14)11(15)16/h3-5,7,10,13-14H,1-2H3,(H,15,16)/t7-,10+/m1/s1. The van der Waals surface area contributed by atoms with Gasteiger partial charge in [0.15, 0.2) is 0 Å². The fourth-order valence-corrected chi connectivity index (χ4v) is 3.49. The maximum atomic E-state index is 12.1. The van der Waals surface area contributed by atoms with Gasteiger partial charge in [0.05, 0.1) is 11.0 Å². The number of carboxylic acids is 1. The van der Waals surface area contributed by atoms with Gasteiger partial charge in [-0.2, -0.15) is 4.72 Å². The van der Waals surface area contributed by atoms with Crippen molar-refractivity contribution in [2.24, 2.45) is 0 Å². The van der Waals surface area contributed by atoms with Crippen molar-refractivity contribution in [3.05, 3.63) is 28.2 Å². The summed E-state index contributed by atoms with van der Waals surface area (Å²) in [5.74, 6) is -1.44. The van der Waals surface area contributed by atoms with Crippen molar-refractivity contribution < 1.29 is 23.4 Å². The highest BCUT2D eigenvalue weighted by Gasteiger charge is 2.30. The molecule has 3 N–H and O–H groups in total. The van der Waals surface area contributed by atoms with E-state index in [4.69, 9.17) is 5.11 Å². The van der Waals surface area contributed by atoms with Gasteiger partial charge in [-0.15, -0.1) is 0 Å². The normalized spacial score (nSPS) is 14.9. The van der Waals surface area contributed by atoms with Crippen LogP contribution in [0.2, 0.25) is 0 Å². The second kappa shape index (κ2) is 6.00. The lowest BCUT2D eigenvalue weighted by Gasteiger charge is -2.18. The van der Waals surface area contributed by atoms with E-state index in [0.29, 0.717) is 10.0 Å². The number of aliphatic carboxylic acids is 1. The van der Waals surface area contributed by atoms with Gasteiger partial charge in [0.1, 0.15) is 6.04 Å². The molecule has 0 saturated carbocycles. The number of benzene rings is 1. The van der Waals surface area contributed by atoms with Crippen LogP contribution in [0.1, 0.15) is 12.5 Å². The van der Waals surface area contributed by atoms with Crippen molar-refractivity contribution in [2.45, 2.75) is 30.9 Å². The van der Waals surface area contributed by atoms with E-state index in [2.05, 4.69) is 15.9 Å². The molecule has 0 saturated heterocycles. The molecule has 19 heavy (non-hydrogen) atoms. The van der Waals surface area contributed by atoms with Gasteiger partial charge in [-0.3, -0.25) is 4.79 Å². The fraction of sp³-hybridized carbons (Fsp3) is 0.364. The number of halogens is 1. The summed E-state index contributed by atoms with van der Waals surface area (Å²) >= 11 is 3.15. The zero-order valence-corrected chi connectivity index (χ0v) is 12.7. The highest BCUT2D eigenvalue weighted by molar-refractivity contribution is 9.10. The smallest absolute Gasteiger partial charge is 0.324 e. The Morgan fingerprint density at radius 1 is 1.42 bits per heavy atom. The van der Waals surface area contributed by atoms with Crippen molar-refractivity contribution >= 4 is 31.9 Å². The minimum atomic E-state index is -4.02. The molecule has 0 aliphatic rings. The van der Waals surface area contributed by atoms with Gasteiger partial charge in [0.2, 0.25) is 10.0 Å². The van der Waals surface area contributed by atoms with Crippen LogP contribution in [0.4, 0.5) is 0 Å². The lowest BCUT2D eigenvalue weighted by Crippen LogP contribution is -2.47. The molecule has 8 heteroatoms. The van der Waals surface area contributed by atoms with E-state index in [9.17, 15) is 18.3 Å². The Kier molecular flexibility index (Phi) is 5.08. The summed E-state index contributed by atoms with van der Waals surface area (Å²) in [5.41, 5.74) is 0.477. The first-order valence-electron chi connectivity index (χ1n) is 5.34. The van der Waals surface area contributed by atoms with Gasteiger partial charge < -0.3 is 10.2 Å². The molecule has 1 aromatic carbocycles. The third kappa shape index (κ3) is 4.00. The second-order valence-corrected chi connectivity index (χ2v) is 6.69. The summed E-state index contributed by atoms with van der Waals surface area (Å²) in [6.07, 6.45) is -1.35. The number of carbonyl (C=O) groups is 1. The molecular formula is C11H14BrNO5S. The molecule has 0 radical (unpaired) electrons. The van der Waals surface area contributed by atoms with E-state index in [1.54, 1.807) is 19.1 Å². The van der Waals surface area contributed by atoms with Crippen molar-refractivity contribution in [3.63, 3.8) is 0 Å². The molecule has 1 rings (SSSR count). The van der Waals surface area contributed by atoms with Gasteiger partial charge in [-0.05, 0) is 31.5 Å². The number of hydrogen-bond donors (Lipinski definition) is 3. The van der Waals surface area contributed by atoms with Crippen LogP contribution in [-0.2, 0) is 14.8 Å². The highest BCUT2D eigenvalue weighted by atomic mass is 79.9. The Balaban J connectivity index is 3.17. The predicted molar refractivity (Wildman–Crippen MR) is 72.3 cm³/mol. The highest BCUT2D eigenvalue weighted by Crippen LogP contribution is 2.20. The maximum absolute atomic E-state index is 12.1. The Morgan fingerprint density at radius 2 is 2.00 bits per heavy atom. The molecule has 0 heterocycles. The topological polar surface area (TPSA) is 104 Å². The molecule has 0 amide bonds. The summed E-state index contributed by atoms with van der Waals surface area (Å²) in [7, 11) is -4.02. The zero-order chi connectivity index (χ0) is 14.8. The summed E-state index contributed by atoms with van der Waals surface area (Å²) in [5, 5.41) is 18.2. The lowest BCUT2D eigenvalue weighted by atomic mass is 10.2. The lowest BCUT2D eigenvalue weighted by molar-refractivity contribution is -0.141. The predicted octanol–water partition coefficient (Wildman–Crippen LogP) is 0.870. The van der Waals surface area contributed by atoms with Crippen LogP contribution >= 0.6 is 15.9 Å². The number of aliphatic hydroxyl groups excluding tert-OH is 1. The third-order valence-corrected chi connectivity index (χ3v) is 4.55. The van der Waals surface area contributed by atoms with E-state index >= 15 is 0 Å². The molecule has 0 aliphatic heterocycles. The molecule has 0 aromatic heterocycles. The quantitative estimate of drug-likeness (QED) is 0.730. The molecule has 2 atom stereocenters. The number of aliphatic hydroxyl groups is 1. The van der Waals surface area contributed by atoms with Gasteiger partial charge in [0.25, 0.3) is 0 Å². The van der Waals surface area contributed by atoms with Crippen LogP contribution in [0.25, 0.3) is 0 Å². The minimum absolute atomic E-state index is 0.0335. The number of nitrogens with one attached hydrogen (secondary N) is 1. The van der Waals surface area contributed by atoms with Crippen LogP contribution in [0, 0.1) is 6.92 Å². The van der Waals surface area contributed by atoms with Gasteiger partial charge >= 0.3 is 5.97 Å². The van der Waals surface area contributed by atoms with E-state index in [0.717, 1.165) is 0 Å². The first-order valence-corrected chi connectivity index (χ1v) is 7.62. The minimum Gasteiger partial charge on any atom is -0.480 e. The maximum Gasteiger partial charge on any atom is 0.324 e. The molecule has 0 bridgehead atoms. The summed E-state index contributed by atoms with van der Waals surface area (Å²) in [6, 6.07) is 3.05. The average molecular weight is 352 g/mol. The zero-order valence-electron chi connectivity index (χ0n) is 10.3. The Hall–Kier alpha value is -0.960. The Labute approximate surface area is 119 Å². The third-order valence-electron chi connectivity index (χ3n) is 2.47. The summed E-state index contributed by atoms with van der Waals surface area (Å²) in [6.45, 7) is 2.80. The fourth-order valence-electron chi connectivity index (χ4n) is 1.45. The van der Waals surface area contributed by atoms with Crippen LogP contribution < -0.4 is 4.72 Å². The van der Waals surface area contributed by atoms with Crippen molar-refractivity contribution in [1.82, 2.24) is 4.72 Å². The van der Waals surface area contributed by atoms with E-state index in [1.807, 2.05) is 4.72 Å². The number of sulfonamides is 1. The van der Waals surface area contributed by atoms with Gasteiger partial charge in [-0.25, -0.2) is 8.42 Å². The molecular weight excluding hydrogens is 338 g/mol. The largest absolute Gasteiger partial charge is 0.480 e.